The van der Waals surface area contributed by atoms with Gasteiger partial charge in [-0.2, -0.15) is 12.6 Å². The summed E-state index contributed by atoms with van der Waals surface area (Å²) in [6, 6.07) is -5.01. The summed E-state index contributed by atoms with van der Waals surface area (Å²) in [6.07, 6.45) is 2.66. The molecule has 0 radical (unpaired) electrons. The van der Waals surface area contributed by atoms with Crippen LogP contribution in [0.1, 0.15) is 25.0 Å². The number of aromatic amines is 1. The molecule has 1 aromatic rings. The maximum Gasteiger partial charge on any atom is 0.326 e. The number of imidazole rings is 1. The highest BCUT2D eigenvalue weighted by Crippen LogP contribution is 2.04. The summed E-state index contributed by atoms with van der Waals surface area (Å²) < 4.78 is 0. The van der Waals surface area contributed by atoms with Crippen LogP contribution in [0.3, 0.4) is 0 Å². The molecule has 4 unspecified atom stereocenters. The molecule has 0 aliphatic rings. The average Bonchev–Trinajstić information content (AvgIpc) is 3.30. The van der Waals surface area contributed by atoms with Gasteiger partial charge in [-0.25, -0.2) is 9.78 Å². The lowest BCUT2D eigenvalue weighted by atomic mass is 10.1. The fourth-order valence-corrected chi connectivity index (χ4v) is 3.17. The zero-order valence-electron chi connectivity index (χ0n) is 19.3. The minimum Gasteiger partial charge on any atom is -0.480 e. The van der Waals surface area contributed by atoms with Gasteiger partial charge >= 0.3 is 5.97 Å². The van der Waals surface area contributed by atoms with Gasteiger partial charge in [0.15, 0.2) is 5.96 Å². The van der Waals surface area contributed by atoms with Gasteiger partial charge in [0.1, 0.15) is 18.1 Å². The highest BCUT2D eigenvalue weighted by atomic mass is 32.1. The number of carboxylic acid groups (broad SMARTS) is 1. The quantitative estimate of drug-likeness (QED) is 0.0426. The number of aliphatic imine (C=N–C) groups is 1. The Bertz CT molecular complexity index is 937. The maximum atomic E-state index is 12.8. The Labute approximate surface area is 211 Å². The van der Waals surface area contributed by atoms with Crippen molar-refractivity contribution in [1.82, 2.24) is 25.9 Å². The number of nitrogens with one attached hydrogen (secondary N) is 4. The van der Waals surface area contributed by atoms with Crippen LogP contribution in [0.5, 0.6) is 0 Å². The molecule has 0 aliphatic carbocycles. The van der Waals surface area contributed by atoms with Crippen LogP contribution in [-0.4, -0.2) is 87.1 Å². The zero-order valence-corrected chi connectivity index (χ0v) is 20.2. The topological polar surface area (TPSA) is 287 Å². The predicted molar refractivity (Wildman–Crippen MR) is 131 cm³/mol. The smallest absolute Gasteiger partial charge is 0.326 e. The zero-order chi connectivity index (χ0) is 27.3. The Balaban J connectivity index is 2.89. The number of carboxylic acids is 1. The number of carbonyl (C=O) groups is 5. The number of primary amides is 1. The van der Waals surface area contributed by atoms with Gasteiger partial charge in [-0.3, -0.25) is 24.2 Å². The third-order valence-corrected chi connectivity index (χ3v) is 5.11. The molecule has 0 spiro atoms. The number of hydrogen-bond acceptors (Lipinski definition) is 9. The molecular formula is C19H32N10O6S. The Kier molecular flexibility index (Phi) is 12.7. The van der Waals surface area contributed by atoms with Crippen LogP contribution in [0.25, 0.3) is 0 Å². The van der Waals surface area contributed by atoms with Crippen LogP contribution in [-0.2, 0) is 30.4 Å². The molecule has 13 N–H and O–H groups in total. The van der Waals surface area contributed by atoms with Crippen molar-refractivity contribution >= 4 is 48.2 Å². The Morgan fingerprint density at radius 2 is 1.64 bits per heavy atom. The second kappa shape index (κ2) is 15.2. The second-order valence-electron chi connectivity index (χ2n) is 7.71. The average molecular weight is 529 g/mol. The number of nitrogens with zero attached hydrogens (tertiary/aromatic N) is 2. The van der Waals surface area contributed by atoms with Gasteiger partial charge in [0.2, 0.25) is 23.6 Å². The van der Waals surface area contributed by atoms with Gasteiger partial charge in [0.25, 0.3) is 0 Å². The number of thiol groups is 1. The van der Waals surface area contributed by atoms with Gasteiger partial charge < -0.3 is 49.0 Å². The molecule has 0 fully saturated rings. The lowest BCUT2D eigenvalue weighted by Gasteiger charge is -2.24. The summed E-state index contributed by atoms with van der Waals surface area (Å²) in [4.78, 5) is 71.0. The molecule has 0 saturated heterocycles. The Morgan fingerprint density at radius 1 is 1.03 bits per heavy atom. The van der Waals surface area contributed by atoms with E-state index in [-0.39, 0.29) is 37.5 Å². The number of amides is 4. The minimum absolute atomic E-state index is 0.00381. The molecule has 1 rings (SSSR count). The molecule has 36 heavy (non-hydrogen) atoms. The van der Waals surface area contributed by atoms with Crippen molar-refractivity contribution in [3.8, 4) is 0 Å². The van der Waals surface area contributed by atoms with E-state index in [1.807, 2.05) is 0 Å². The van der Waals surface area contributed by atoms with Crippen LogP contribution in [0.2, 0.25) is 0 Å². The van der Waals surface area contributed by atoms with E-state index in [1.54, 1.807) is 0 Å². The number of hydrogen-bond donors (Lipinski definition) is 10. The largest absolute Gasteiger partial charge is 0.480 e. The number of aliphatic carboxylic acids is 1. The fraction of sp³-hybridized carbons (Fsp3) is 0.526. The van der Waals surface area contributed by atoms with Crippen molar-refractivity contribution < 1.29 is 29.1 Å². The summed E-state index contributed by atoms with van der Waals surface area (Å²) in [5.41, 5.74) is 22.1. The first-order valence-corrected chi connectivity index (χ1v) is 11.4. The summed E-state index contributed by atoms with van der Waals surface area (Å²) >= 11 is 4.08. The van der Waals surface area contributed by atoms with Crippen LogP contribution in [0, 0.1) is 0 Å². The van der Waals surface area contributed by atoms with E-state index in [0.29, 0.717) is 5.69 Å². The third kappa shape index (κ3) is 11.0. The molecule has 0 aliphatic heterocycles. The van der Waals surface area contributed by atoms with E-state index in [4.69, 9.17) is 22.9 Å². The molecular weight excluding hydrogens is 496 g/mol. The lowest BCUT2D eigenvalue weighted by molar-refractivity contribution is -0.143. The molecule has 4 amide bonds. The Hall–Kier alpha value is -3.86. The fourth-order valence-electron chi connectivity index (χ4n) is 2.92. The summed E-state index contributed by atoms with van der Waals surface area (Å²) in [6.45, 7) is 0.126. The first-order valence-electron chi connectivity index (χ1n) is 10.8. The van der Waals surface area contributed by atoms with E-state index in [9.17, 15) is 29.1 Å². The van der Waals surface area contributed by atoms with Crippen LogP contribution in [0.15, 0.2) is 17.5 Å². The van der Waals surface area contributed by atoms with Crippen LogP contribution < -0.4 is 38.9 Å². The van der Waals surface area contributed by atoms with Crippen LogP contribution >= 0.6 is 12.6 Å². The summed E-state index contributed by atoms with van der Waals surface area (Å²) in [7, 11) is 0. The third-order valence-electron chi connectivity index (χ3n) is 4.75. The number of guanidine groups is 1. The van der Waals surface area contributed by atoms with E-state index in [1.165, 1.54) is 12.5 Å². The van der Waals surface area contributed by atoms with Crippen molar-refractivity contribution in [2.75, 3.05) is 12.3 Å². The Morgan fingerprint density at radius 3 is 2.17 bits per heavy atom. The molecule has 0 bridgehead atoms. The molecule has 0 saturated carbocycles. The van der Waals surface area contributed by atoms with E-state index in [0.717, 1.165) is 0 Å². The number of aromatic nitrogens is 2. The van der Waals surface area contributed by atoms with Gasteiger partial charge in [-0.15, -0.1) is 0 Å². The van der Waals surface area contributed by atoms with Gasteiger partial charge in [-0.05, 0) is 12.8 Å². The normalized spacial score (nSPS) is 13.9. The summed E-state index contributed by atoms with van der Waals surface area (Å²) in [5, 5.41) is 16.3. The monoisotopic (exact) mass is 528 g/mol. The minimum atomic E-state index is -1.60. The van der Waals surface area contributed by atoms with Crippen molar-refractivity contribution in [3.05, 3.63) is 18.2 Å². The molecule has 17 heteroatoms. The predicted octanol–water partition coefficient (Wildman–Crippen LogP) is -4.32. The van der Waals surface area contributed by atoms with Crippen molar-refractivity contribution in [2.24, 2.45) is 27.9 Å². The van der Waals surface area contributed by atoms with Crippen LogP contribution in [0.4, 0.5) is 0 Å². The number of rotatable bonds is 16. The van der Waals surface area contributed by atoms with E-state index < -0.39 is 60.2 Å². The molecule has 4 atom stereocenters. The molecule has 1 heterocycles. The van der Waals surface area contributed by atoms with Gasteiger partial charge in [0, 0.05) is 30.6 Å². The number of carbonyl (C=O) groups excluding carboxylic acids is 4. The standard InChI is InChI=1S/C19H32N10O6S/c20-10(4-9-6-24-8-26-9)15(31)29-13(7-36)17(33)27-11(2-1-3-25-19(22)23)16(32)28-12(18(34)35)5-14(21)30/h6,8,10-13,36H,1-5,7,20H2,(H2,21,30)(H,24,26)(H,27,33)(H,28,32)(H,29,31)(H,34,35)(H4,22,23,25). The number of nitrogens with two attached hydrogens (primary N) is 4. The first kappa shape index (κ1) is 30.2. The lowest BCUT2D eigenvalue weighted by Crippen LogP contribution is -2.58. The van der Waals surface area contributed by atoms with Gasteiger partial charge in [0.05, 0.1) is 18.8 Å². The highest BCUT2D eigenvalue weighted by molar-refractivity contribution is 7.80. The number of H-pyrrole nitrogens is 1. The van der Waals surface area contributed by atoms with Crippen molar-refractivity contribution in [1.29, 1.82) is 0 Å². The highest BCUT2D eigenvalue weighted by Gasteiger charge is 2.30. The second-order valence-corrected chi connectivity index (χ2v) is 8.08. The van der Waals surface area contributed by atoms with Crippen molar-refractivity contribution in [2.45, 2.75) is 49.9 Å². The van der Waals surface area contributed by atoms with Crippen molar-refractivity contribution in [3.63, 3.8) is 0 Å². The molecule has 1 aromatic heterocycles. The molecule has 0 aromatic carbocycles. The summed E-state index contributed by atoms with van der Waals surface area (Å²) in [5.74, 6) is -5.02. The van der Waals surface area contributed by atoms with E-state index in [2.05, 4.69) is 43.5 Å². The molecule has 200 valence electrons. The molecule has 16 nitrogen and oxygen atoms in total. The van der Waals surface area contributed by atoms with E-state index >= 15 is 0 Å². The maximum absolute atomic E-state index is 12.8. The first-order chi connectivity index (χ1) is 16.9. The van der Waals surface area contributed by atoms with Gasteiger partial charge in [-0.1, -0.05) is 0 Å². The SMILES string of the molecule is NC(=O)CC(NC(=O)C(CCCN=C(N)N)NC(=O)C(CS)NC(=O)C(N)Cc1cnc[nH]1)C(=O)O.